The molecule has 1 aliphatic rings. The van der Waals surface area contributed by atoms with Crippen LogP contribution in [0.5, 0.6) is 5.75 Å². The summed E-state index contributed by atoms with van der Waals surface area (Å²) in [5.74, 6) is 1.65. The normalized spacial score (nSPS) is 15.5. The molecule has 28 heavy (non-hydrogen) atoms. The predicted molar refractivity (Wildman–Crippen MR) is 115 cm³/mol. The summed E-state index contributed by atoms with van der Waals surface area (Å²) < 4.78 is 7.75. The molecule has 0 N–H and O–H groups in total. The van der Waals surface area contributed by atoms with E-state index >= 15 is 0 Å². The van der Waals surface area contributed by atoms with Gasteiger partial charge in [-0.05, 0) is 74.8 Å². The highest BCUT2D eigenvalue weighted by Gasteiger charge is 2.13. The van der Waals surface area contributed by atoms with E-state index in [9.17, 15) is 0 Å². The average Bonchev–Trinajstić information content (AvgIpc) is 3.10. The van der Waals surface area contributed by atoms with E-state index in [0.717, 1.165) is 41.4 Å². The fraction of sp³-hybridized carbons (Fsp3) is 0.391. The van der Waals surface area contributed by atoms with Crippen LogP contribution in [0.4, 0.5) is 5.95 Å². The fourth-order valence-corrected chi connectivity index (χ4v) is 3.76. The summed E-state index contributed by atoms with van der Waals surface area (Å²) in [7, 11) is 0. The molecule has 2 aromatic carbocycles. The van der Waals surface area contributed by atoms with Gasteiger partial charge in [0.15, 0.2) is 0 Å². The summed E-state index contributed by atoms with van der Waals surface area (Å²) >= 11 is 0. The lowest BCUT2D eigenvalue weighted by atomic mass is 10.1. The molecule has 0 atom stereocenters. The highest BCUT2D eigenvalue weighted by Crippen LogP contribution is 2.22. The molecule has 0 amide bonds. The molecule has 1 saturated heterocycles. The molecule has 1 aromatic heterocycles. The van der Waals surface area contributed by atoms with E-state index in [4.69, 9.17) is 14.7 Å². The molecule has 146 valence electrons. The second kappa shape index (κ2) is 9.02. The monoisotopic (exact) mass is 376 g/mol. The van der Waals surface area contributed by atoms with Crippen LogP contribution in [-0.2, 0) is 6.54 Å². The number of hydrogen-bond donors (Lipinski definition) is 0. The number of aliphatic imine (C=N–C) groups is 1. The molecule has 2 heterocycles. The first-order valence-corrected chi connectivity index (χ1v) is 10.3. The molecular formula is C23H28N4O. The van der Waals surface area contributed by atoms with Gasteiger partial charge < -0.3 is 14.2 Å². The quantitative estimate of drug-likeness (QED) is 0.563. The first kappa shape index (κ1) is 18.7. The molecule has 3 aromatic rings. The minimum absolute atomic E-state index is 0.675. The van der Waals surface area contributed by atoms with Crippen molar-refractivity contribution < 1.29 is 4.74 Å². The molecule has 0 radical (unpaired) electrons. The van der Waals surface area contributed by atoms with Crippen LogP contribution < -0.4 is 4.74 Å². The topological polar surface area (TPSA) is 42.7 Å². The third-order valence-electron chi connectivity index (χ3n) is 5.24. The van der Waals surface area contributed by atoms with Crippen LogP contribution >= 0.6 is 0 Å². The van der Waals surface area contributed by atoms with Crippen molar-refractivity contribution in [2.24, 2.45) is 4.99 Å². The lowest BCUT2D eigenvalue weighted by molar-refractivity contribution is 0.222. The van der Waals surface area contributed by atoms with E-state index < -0.39 is 0 Å². The van der Waals surface area contributed by atoms with Crippen molar-refractivity contribution >= 4 is 23.2 Å². The van der Waals surface area contributed by atoms with Crippen LogP contribution in [-0.4, -0.2) is 46.9 Å². The van der Waals surface area contributed by atoms with Crippen LogP contribution in [0.3, 0.4) is 0 Å². The maximum Gasteiger partial charge on any atom is 0.230 e. The minimum atomic E-state index is 0.675. The molecule has 0 aliphatic carbocycles. The van der Waals surface area contributed by atoms with Gasteiger partial charge in [-0.15, -0.1) is 0 Å². The van der Waals surface area contributed by atoms with Crippen molar-refractivity contribution in [2.75, 3.05) is 26.2 Å². The molecule has 0 saturated carbocycles. The third kappa shape index (κ3) is 4.42. The lowest BCUT2D eigenvalue weighted by Gasteiger charge is -2.26. The average molecular weight is 377 g/mol. The molecule has 0 unspecified atom stereocenters. The van der Waals surface area contributed by atoms with Crippen molar-refractivity contribution in [3.63, 3.8) is 0 Å². The molecule has 5 nitrogen and oxygen atoms in total. The van der Waals surface area contributed by atoms with Gasteiger partial charge in [0, 0.05) is 19.3 Å². The van der Waals surface area contributed by atoms with Gasteiger partial charge in [0.05, 0.1) is 17.6 Å². The Balaban J connectivity index is 1.55. The van der Waals surface area contributed by atoms with Crippen LogP contribution in [0.1, 0.15) is 31.7 Å². The smallest absolute Gasteiger partial charge is 0.230 e. The SMILES string of the molecule is CCOc1ccc(C=Nc2nc3ccccc3n2CCN2CCCCC2)cc1. The Bertz CT molecular complexity index is 923. The van der Waals surface area contributed by atoms with E-state index in [0.29, 0.717) is 6.61 Å². The molecule has 0 spiro atoms. The van der Waals surface area contributed by atoms with Crippen LogP contribution in [0, 0.1) is 0 Å². The number of fused-ring (bicyclic) bond motifs is 1. The number of imidazole rings is 1. The van der Waals surface area contributed by atoms with E-state index in [-0.39, 0.29) is 0 Å². The number of rotatable bonds is 7. The first-order chi connectivity index (χ1) is 13.8. The van der Waals surface area contributed by atoms with Gasteiger partial charge in [-0.2, -0.15) is 0 Å². The minimum Gasteiger partial charge on any atom is -0.494 e. The highest BCUT2D eigenvalue weighted by molar-refractivity contribution is 5.83. The number of para-hydroxylation sites is 2. The Morgan fingerprint density at radius 3 is 2.57 bits per heavy atom. The van der Waals surface area contributed by atoms with Crippen LogP contribution in [0.2, 0.25) is 0 Å². The van der Waals surface area contributed by atoms with Gasteiger partial charge in [-0.1, -0.05) is 18.6 Å². The van der Waals surface area contributed by atoms with Crippen LogP contribution in [0.25, 0.3) is 11.0 Å². The fourth-order valence-electron chi connectivity index (χ4n) is 3.76. The molecule has 4 rings (SSSR count). The Kier molecular flexibility index (Phi) is 6.02. The summed E-state index contributed by atoms with van der Waals surface area (Å²) in [5.41, 5.74) is 3.19. The van der Waals surface area contributed by atoms with Gasteiger partial charge in [0.2, 0.25) is 5.95 Å². The Morgan fingerprint density at radius 1 is 1.00 bits per heavy atom. The number of likely N-dealkylation sites (tertiary alicyclic amines) is 1. The Hall–Kier alpha value is -2.66. The van der Waals surface area contributed by atoms with Gasteiger partial charge in [-0.25, -0.2) is 9.98 Å². The van der Waals surface area contributed by atoms with Gasteiger partial charge in [0.1, 0.15) is 5.75 Å². The zero-order valence-corrected chi connectivity index (χ0v) is 16.6. The lowest BCUT2D eigenvalue weighted by Crippen LogP contribution is -2.32. The van der Waals surface area contributed by atoms with E-state index in [1.165, 1.54) is 32.4 Å². The zero-order chi connectivity index (χ0) is 19.2. The maximum atomic E-state index is 5.51. The van der Waals surface area contributed by atoms with Crippen molar-refractivity contribution in [2.45, 2.75) is 32.7 Å². The molecule has 1 aliphatic heterocycles. The van der Waals surface area contributed by atoms with Gasteiger partial charge in [0.25, 0.3) is 0 Å². The zero-order valence-electron chi connectivity index (χ0n) is 16.6. The number of ether oxygens (including phenoxy) is 1. The number of aromatic nitrogens is 2. The highest BCUT2D eigenvalue weighted by atomic mass is 16.5. The first-order valence-electron chi connectivity index (χ1n) is 10.3. The molecule has 1 fully saturated rings. The number of nitrogens with zero attached hydrogens (tertiary/aromatic N) is 4. The number of hydrogen-bond acceptors (Lipinski definition) is 4. The maximum absolute atomic E-state index is 5.51. The van der Waals surface area contributed by atoms with Gasteiger partial charge >= 0.3 is 0 Å². The van der Waals surface area contributed by atoms with Crippen molar-refractivity contribution in [3.8, 4) is 5.75 Å². The Morgan fingerprint density at radius 2 is 1.79 bits per heavy atom. The second-order valence-corrected chi connectivity index (χ2v) is 7.21. The molecule has 5 heteroatoms. The Labute approximate surface area is 166 Å². The second-order valence-electron chi connectivity index (χ2n) is 7.21. The van der Waals surface area contributed by atoms with E-state index in [1.54, 1.807) is 0 Å². The summed E-state index contributed by atoms with van der Waals surface area (Å²) in [4.78, 5) is 12.0. The van der Waals surface area contributed by atoms with E-state index in [2.05, 4.69) is 27.7 Å². The largest absolute Gasteiger partial charge is 0.494 e. The summed E-state index contributed by atoms with van der Waals surface area (Å²) in [5, 5.41) is 0. The van der Waals surface area contributed by atoms with Gasteiger partial charge in [-0.3, -0.25) is 0 Å². The van der Waals surface area contributed by atoms with E-state index in [1.807, 2.05) is 43.5 Å². The third-order valence-corrected chi connectivity index (χ3v) is 5.24. The van der Waals surface area contributed by atoms with Crippen molar-refractivity contribution in [1.82, 2.24) is 14.5 Å². The molecular weight excluding hydrogens is 348 g/mol. The summed E-state index contributed by atoms with van der Waals surface area (Å²) in [6.07, 6.45) is 5.87. The van der Waals surface area contributed by atoms with Crippen LogP contribution in [0.15, 0.2) is 53.5 Å². The van der Waals surface area contributed by atoms with Crippen molar-refractivity contribution in [3.05, 3.63) is 54.1 Å². The number of benzene rings is 2. The van der Waals surface area contributed by atoms with Crippen molar-refractivity contribution in [1.29, 1.82) is 0 Å². The molecule has 0 bridgehead atoms. The standard InChI is InChI=1S/C23H28N4O/c1-2-28-20-12-10-19(11-13-20)18-24-23-25-21-8-4-5-9-22(21)27(23)17-16-26-14-6-3-7-15-26/h4-5,8-13,18H,2-3,6-7,14-17H2,1H3. The summed E-state index contributed by atoms with van der Waals surface area (Å²) in [6.45, 7) is 7.04. The summed E-state index contributed by atoms with van der Waals surface area (Å²) in [6, 6.07) is 16.3. The number of piperidine rings is 1. The predicted octanol–water partition coefficient (Wildman–Crippen LogP) is 4.67.